The van der Waals surface area contributed by atoms with Gasteiger partial charge in [-0.05, 0) is 43.3 Å². The summed E-state index contributed by atoms with van der Waals surface area (Å²) < 4.78 is 5.51. The predicted molar refractivity (Wildman–Crippen MR) is 88.5 cm³/mol. The number of nitrogens with two attached hydrogens (primary N) is 1. The van der Waals surface area contributed by atoms with E-state index in [0.717, 1.165) is 24.8 Å². The van der Waals surface area contributed by atoms with Crippen molar-refractivity contribution in [1.29, 1.82) is 0 Å². The lowest BCUT2D eigenvalue weighted by molar-refractivity contribution is 0.0838. The molecule has 0 aromatic heterocycles. The van der Waals surface area contributed by atoms with Crippen LogP contribution in [0.25, 0.3) is 0 Å². The number of rotatable bonds is 4. The highest BCUT2D eigenvalue weighted by molar-refractivity contribution is 5.36. The molecule has 118 valence electrons. The fraction of sp³-hybridized carbons (Fsp3) is 0.667. The van der Waals surface area contributed by atoms with Gasteiger partial charge in [-0.3, -0.25) is 4.90 Å². The molecule has 0 radical (unpaired) electrons. The molecule has 2 N–H and O–H groups in total. The summed E-state index contributed by atoms with van der Waals surface area (Å²) >= 11 is 0. The third-order valence-electron chi connectivity index (χ3n) is 4.92. The highest BCUT2D eigenvalue weighted by Crippen LogP contribution is 2.37. The minimum atomic E-state index is 0.266. The molecule has 0 amide bonds. The van der Waals surface area contributed by atoms with E-state index in [0.29, 0.717) is 12.0 Å². The molecule has 1 heterocycles. The van der Waals surface area contributed by atoms with Crippen molar-refractivity contribution in [3.05, 3.63) is 29.8 Å². The molecular weight excluding hydrogens is 260 g/mol. The number of likely N-dealkylation sites (tertiary alicyclic amines) is 1. The van der Waals surface area contributed by atoms with Gasteiger partial charge in [0.2, 0.25) is 0 Å². The fourth-order valence-corrected chi connectivity index (χ4v) is 3.49. The Hall–Kier alpha value is -1.06. The molecule has 21 heavy (non-hydrogen) atoms. The van der Waals surface area contributed by atoms with E-state index in [-0.39, 0.29) is 6.04 Å². The van der Waals surface area contributed by atoms with Crippen molar-refractivity contribution in [3.8, 4) is 5.75 Å². The zero-order chi connectivity index (χ0) is 15.5. The molecule has 2 rings (SSSR count). The smallest absolute Gasteiger partial charge is 0.123 e. The molecule has 0 bridgehead atoms. The fourth-order valence-electron chi connectivity index (χ4n) is 3.49. The Bertz CT molecular complexity index is 445. The summed E-state index contributed by atoms with van der Waals surface area (Å²) in [5.74, 6) is 1.76. The maximum absolute atomic E-state index is 6.08. The van der Waals surface area contributed by atoms with Crippen molar-refractivity contribution in [2.24, 2.45) is 17.1 Å². The quantitative estimate of drug-likeness (QED) is 0.923. The van der Waals surface area contributed by atoms with E-state index in [1.54, 1.807) is 7.11 Å². The average Bonchev–Trinajstić information content (AvgIpc) is 2.48. The van der Waals surface area contributed by atoms with Gasteiger partial charge in [-0.25, -0.2) is 0 Å². The lowest BCUT2D eigenvalue weighted by atomic mass is 9.75. The molecule has 1 aliphatic heterocycles. The second-order valence-corrected chi connectivity index (χ2v) is 7.17. The monoisotopic (exact) mass is 290 g/mol. The molecule has 1 unspecified atom stereocenters. The molecule has 1 saturated heterocycles. The van der Waals surface area contributed by atoms with Gasteiger partial charge in [-0.2, -0.15) is 0 Å². The molecule has 3 heteroatoms. The van der Waals surface area contributed by atoms with Crippen LogP contribution in [0.15, 0.2) is 24.3 Å². The first-order chi connectivity index (χ1) is 9.97. The number of hydrogen-bond acceptors (Lipinski definition) is 3. The van der Waals surface area contributed by atoms with Gasteiger partial charge < -0.3 is 10.5 Å². The maximum Gasteiger partial charge on any atom is 0.123 e. The standard InChI is InChI=1S/C18H30N2O/c1-18(2,3)14-9-11-20(12-10-14)16(13-19)15-7-5-6-8-17(15)21-4/h5-8,14,16H,9-13,19H2,1-4H3. The van der Waals surface area contributed by atoms with Gasteiger partial charge in [-0.15, -0.1) is 0 Å². The molecule has 0 aliphatic carbocycles. The van der Waals surface area contributed by atoms with Gasteiger partial charge >= 0.3 is 0 Å². The van der Waals surface area contributed by atoms with Crippen molar-refractivity contribution in [2.45, 2.75) is 39.7 Å². The minimum absolute atomic E-state index is 0.266. The largest absolute Gasteiger partial charge is 0.496 e. The number of piperidine rings is 1. The highest BCUT2D eigenvalue weighted by Gasteiger charge is 2.32. The zero-order valence-electron chi connectivity index (χ0n) is 13.9. The van der Waals surface area contributed by atoms with Crippen LogP contribution in [0, 0.1) is 11.3 Å². The Morgan fingerprint density at radius 3 is 2.38 bits per heavy atom. The zero-order valence-corrected chi connectivity index (χ0v) is 13.9. The van der Waals surface area contributed by atoms with Crippen LogP contribution in [-0.2, 0) is 0 Å². The van der Waals surface area contributed by atoms with Crippen LogP contribution < -0.4 is 10.5 Å². The number of methoxy groups -OCH3 is 1. The van der Waals surface area contributed by atoms with Gasteiger partial charge in [0.25, 0.3) is 0 Å². The van der Waals surface area contributed by atoms with Crippen molar-refractivity contribution in [2.75, 3.05) is 26.7 Å². The van der Waals surface area contributed by atoms with Crippen LogP contribution in [0.1, 0.15) is 45.2 Å². The van der Waals surface area contributed by atoms with Crippen LogP contribution in [0.2, 0.25) is 0 Å². The predicted octanol–water partition coefficient (Wildman–Crippen LogP) is 3.45. The molecule has 1 aliphatic rings. The molecule has 0 saturated carbocycles. The summed E-state index contributed by atoms with van der Waals surface area (Å²) in [7, 11) is 1.73. The van der Waals surface area contributed by atoms with Crippen LogP contribution in [0.5, 0.6) is 5.75 Å². The highest BCUT2D eigenvalue weighted by atomic mass is 16.5. The molecular formula is C18H30N2O. The van der Waals surface area contributed by atoms with Crippen molar-refractivity contribution in [3.63, 3.8) is 0 Å². The lowest BCUT2D eigenvalue weighted by Gasteiger charge is -2.42. The number of ether oxygens (including phenoxy) is 1. The summed E-state index contributed by atoms with van der Waals surface area (Å²) in [5.41, 5.74) is 7.71. The third kappa shape index (κ3) is 3.78. The normalized spacial score (nSPS) is 19.5. The second-order valence-electron chi connectivity index (χ2n) is 7.17. The topological polar surface area (TPSA) is 38.5 Å². The van der Waals surface area contributed by atoms with Crippen molar-refractivity contribution in [1.82, 2.24) is 4.90 Å². The van der Waals surface area contributed by atoms with Crippen LogP contribution in [0.3, 0.4) is 0 Å². The lowest BCUT2D eigenvalue weighted by Crippen LogP contribution is -2.42. The van der Waals surface area contributed by atoms with Crippen LogP contribution >= 0.6 is 0 Å². The van der Waals surface area contributed by atoms with E-state index in [4.69, 9.17) is 10.5 Å². The molecule has 3 nitrogen and oxygen atoms in total. The molecule has 1 fully saturated rings. The van der Waals surface area contributed by atoms with Gasteiger partial charge in [0.05, 0.1) is 13.2 Å². The Balaban J connectivity index is 2.10. The van der Waals surface area contributed by atoms with E-state index < -0.39 is 0 Å². The molecule has 1 aromatic rings. The SMILES string of the molecule is COc1ccccc1C(CN)N1CCC(C(C)(C)C)CC1. The van der Waals surface area contributed by atoms with Gasteiger partial charge in [0.1, 0.15) is 5.75 Å². The van der Waals surface area contributed by atoms with Gasteiger partial charge in [-0.1, -0.05) is 39.0 Å². The number of benzene rings is 1. The Morgan fingerprint density at radius 1 is 1.24 bits per heavy atom. The summed E-state index contributed by atoms with van der Waals surface area (Å²) in [6.07, 6.45) is 2.52. The van der Waals surface area contributed by atoms with Gasteiger partial charge in [0.15, 0.2) is 0 Å². The summed E-state index contributed by atoms with van der Waals surface area (Å²) in [6.45, 7) is 9.96. The van der Waals surface area contributed by atoms with E-state index in [1.807, 2.05) is 12.1 Å². The number of nitrogens with zero attached hydrogens (tertiary/aromatic N) is 1. The van der Waals surface area contributed by atoms with Crippen LogP contribution in [0.4, 0.5) is 0 Å². The van der Waals surface area contributed by atoms with Crippen LogP contribution in [-0.4, -0.2) is 31.6 Å². The van der Waals surface area contributed by atoms with E-state index in [2.05, 4.69) is 37.8 Å². The second kappa shape index (κ2) is 6.80. The Morgan fingerprint density at radius 2 is 1.86 bits per heavy atom. The first-order valence-corrected chi connectivity index (χ1v) is 8.04. The average molecular weight is 290 g/mol. The van der Waals surface area contributed by atoms with E-state index in [9.17, 15) is 0 Å². The van der Waals surface area contributed by atoms with Crippen molar-refractivity contribution < 1.29 is 4.74 Å². The van der Waals surface area contributed by atoms with Gasteiger partial charge in [0, 0.05) is 12.1 Å². The Kier molecular flexibility index (Phi) is 5.28. The Labute approximate surface area is 129 Å². The maximum atomic E-state index is 6.08. The molecule has 1 atom stereocenters. The first kappa shape index (κ1) is 16.3. The molecule has 1 aromatic carbocycles. The summed E-state index contributed by atoms with van der Waals surface area (Å²) in [5, 5.41) is 0. The first-order valence-electron chi connectivity index (χ1n) is 8.04. The van der Waals surface area contributed by atoms with E-state index in [1.165, 1.54) is 18.4 Å². The van der Waals surface area contributed by atoms with E-state index >= 15 is 0 Å². The molecule has 0 spiro atoms. The number of hydrogen-bond donors (Lipinski definition) is 1. The number of para-hydroxylation sites is 1. The summed E-state index contributed by atoms with van der Waals surface area (Å²) in [6, 6.07) is 8.53. The third-order valence-corrected chi connectivity index (χ3v) is 4.92. The summed E-state index contributed by atoms with van der Waals surface area (Å²) in [4.78, 5) is 2.53. The van der Waals surface area contributed by atoms with Crippen molar-refractivity contribution >= 4 is 0 Å². The minimum Gasteiger partial charge on any atom is -0.496 e.